The van der Waals surface area contributed by atoms with Crippen LogP contribution in [0.15, 0.2) is 54.7 Å². The Morgan fingerprint density at radius 1 is 1.25 bits per heavy atom. The molecule has 144 valence electrons. The summed E-state index contributed by atoms with van der Waals surface area (Å²) in [5, 5.41) is 4.14. The van der Waals surface area contributed by atoms with Crippen molar-refractivity contribution >= 4 is 27.5 Å². The van der Waals surface area contributed by atoms with Crippen LogP contribution >= 0.6 is 11.3 Å². The first-order valence-corrected chi connectivity index (χ1v) is 10.4. The predicted octanol–water partition coefficient (Wildman–Crippen LogP) is 4.46. The van der Waals surface area contributed by atoms with Gasteiger partial charge in [0.25, 0.3) is 0 Å². The second-order valence-corrected chi connectivity index (χ2v) is 7.89. The Labute approximate surface area is 168 Å². The van der Waals surface area contributed by atoms with Gasteiger partial charge in [-0.2, -0.15) is 0 Å². The molecule has 1 N–H and O–H groups in total. The number of hydrogen-bond acceptors (Lipinski definition) is 5. The van der Waals surface area contributed by atoms with E-state index >= 15 is 0 Å². The number of amides is 1. The number of para-hydroxylation sites is 1. The molecule has 4 rings (SSSR count). The molecule has 28 heavy (non-hydrogen) atoms. The molecule has 3 aromatic rings. The fourth-order valence-electron chi connectivity index (χ4n) is 3.53. The molecule has 0 radical (unpaired) electrons. The Balaban J connectivity index is 1.47. The van der Waals surface area contributed by atoms with Crippen molar-refractivity contribution in [3.8, 4) is 5.88 Å². The highest BCUT2D eigenvalue weighted by atomic mass is 32.1. The molecule has 6 heteroatoms. The maximum Gasteiger partial charge on any atom is 0.224 e. The number of rotatable bonds is 6. The molecule has 5 nitrogen and oxygen atoms in total. The number of carbonyl (C=O) groups excluding carboxylic acids is 1. The van der Waals surface area contributed by atoms with Crippen molar-refractivity contribution in [1.82, 2.24) is 15.3 Å². The maximum atomic E-state index is 13.0. The topological polar surface area (TPSA) is 64.1 Å². The van der Waals surface area contributed by atoms with Gasteiger partial charge in [0, 0.05) is 24.7 Å². The lowest BCUT2D eigenvalue weighted by Gasteiger charge is -2.26. The molecule has 0 saturated heterocycles. The zero-order chi connectivity index (χ0) is 19.3. The Morgan fingerprint density at radius 2 is 2.11 bits per heavy atom. The number of ether oxygens (including phenoxy) is 1. The maximum absolute atomic E-state index is 13.0. The third-order valence-corrected chi connectivity index (χ3v) is 6.12. The zero-order valence-corrected chi connectivity index (χ0v) is 16.6. The van der Waals surface area contributed by atoms with Gasteiger partial charge in [-0.15, -0.1) is 11.3 Å². The van der Waals surface area contributed by atoms with Crippen LogP contribution in [0.2, 0.25) is 0 Å². The van der Waals surface area contributed by atoms with Crippen molar-refractivity contribution in [3.63, 3.8) is 0 Å². The van der Waals surface area contributed by atoms with E-state index in [9.17, 15) is 4.79 Å². The van der Waals surface area contributed by atoms with Gasteiger partial charge in [-0.1, -0.05) is 24.3 Å². The summed E-state index contributed by atoms with van der Waals surface area (Å²) in [4.78, 5) is 21.9. The molecule has 0 fully saturated rings. The van der Waals surface area contributed by atoms with Gasteiger partial charge in [-0.3, -0.25) is 4.79 Å². The largest absolute Gasteiger partial charge is 0.478 e. The average Bonchev–Trinajstić information content (AvgIpc) is 3.17. The summed E-state index contributed by atoms with van der Waals surface area (Å²) in [6.45, 7) is 2.96. The first-order valence-electron chi connectivity index (χ1n) is 9.60. The van der Waals surface area contributed by atoms with E-state index in [0.29, 0.717) is 19.0 Å². The molecule has 0 spiro atoms. The van der Waals surface area contributed by atoms with Crippen LogP contribution in [0.4, 0.5) is 0 Å². The summed E-state index contributed by atoms with van der Waals surface area (Å²) in [6, 6.07) is 11.9. The number of hydrogen-bond donors (Lipinski definition) is 1. The van der Waals surface area contributed by atoms with Crippen LogP contribution in [0.1, 0.15) is 36.3 Å². The first kappa shape index (κ1) is 18.6. The van der Waals surface area contributed by atoms with Crippen molar-refractivity contribution in [2.75, 3.05) is 6.61 Å². The van der Waals surface area contributed by atoms with E-state index in [0.717, 1.165) is 28.9 Å². The molecule has 0 bridgehead atoms. The van der Waals surface area contributed by atoms with Gasteiger partial charge in [0.05, 0.1) is 27.7 Å². The molecular weight excluding hydrogens is 370 g/mol. The highest BCUT2D eigenvalue weighted by molar-refractivity contribution is 7.18. The van der Waals surface area contributed by atoms with Crippen LogP contribution < -0.4 is 10.1 Å². The van der Waals surface area contributed by atoms with Gasteiger partial charge in [0.1, 0.15) is 0 Å². The molecule has 2 atom stereocenters. The lowest BCUT2D eigenvalue weighted by atomic mass is 9.82. The molecule has 0 saturated carbocycles. The fraction of sp³-hybridized carbons (Fsp3) is 0.318. The number of fused-ring (bicyclic) bond motifs is 1. The summed E-state index contributed by atoms with van der Waals surface area (Å²) in [5.74, 6) is 0.683. The van der Waals surface area contributed by atoms with Crippen molar-refractivity contribution < 1.29 is 9.53 Å². The van der Waals surface area contributed by atoms with Crippen LogP contribution in [0.25, 0.3) is 10.2 Å². The molecule has 1 aliphatic rings. The van der Waals surface area contributed by atoms with E-state index in [1.165, 1.54) is 4.70 Å². The molecule has 1 aromatic carbocycles. The molecule has 1 amide bonds. The SMILES string of the molecule is CCOc1cc(CNC(=O)C2CC=CCC2c2nc3ccccc3s2)ccn1. The van der Waals surface area contributed by atoms with Gasteiger partial charge < -0.3 is 10.1 Å². The van der Waals surface area contributed by atoms with E-state index < -0.39 is 0 Å². The highest BCUT2D eigenvalue weighted by Crippen LogP contribution is 2.38. The molecule has 2 unspecified atom stereocenters. The average molecular weight is 394 g/mol. The Hall–Kier alpha value is -2.73. The van der Waals surface area contributed by atoms with Crippen molar-refractivity contribution in [2.24, 2.45) is 5.92 Å². The third kappa shape index (κ3) is 4.07. The summed E-state index contributed by atoms with van der Waals surface area (Å²) >= 11 is 1.70. The molecule has 2 aromatic heterocycles. The van der Waals surface area contributed by atoms with E-state index in [4.69, 9.17) is 9.72 Å². The first-order chi connectivity index (χ1) is 13.7. The Bertz CT molecular complexity index is 965. The van der Waals surface area contributed by atoms with Gasteiger partial charge in [0.15, 0.2) is 0 Å². The predicted molar refractivity (Wildman–Crippen MR) is 111 cm³/mol. The third-order valence-electron chi connectivity index (χ3n) is 4.96. The van der Waals surface area contributed by atoms with Crippen molar-refractivity contribution in [2.45, 2.75) is 32.2 Å². The molecule has 0 aliphatic heterocycles. The normalized spacial score (nSPS) is 18.9. The standard InChI is InChI=1S/C22H23N3O2S/c1-2-27-20-13-15(11-12-23-20)14-24-21(26)16-7-3-4-8-17(16)22-25-18-9-5-6-10-19(18)28-22/h3-6,9-13,16-17H,2,7-8,14H2,1H3,(H,24,26). The van der Waals surface area contributed by atoms with Crippen LogP contribution in [-0.4, -0.2) is 22.5 Å². The lowest BCUT2D eigenvalue weighted by molar-refractivity contribution is -0.125. The number of pyridine rings is 1. The van der Waals surface area contributed by atoms with E-state index in [1.807, 2.05) is 37.3 Å². The van der Waals surface area contributed by atoms with Crippen LogP contribution in [0.5, 0.6) is 5.88 Å². The number of nitrogens with one attached hydrogen (secondary N) is 1. The summed E-state index contributed by atoms with van der Waals surface area (Å²) in [7, 11) is 0. The zero-order valence-electron chi connectivity index (χ0n) is 15.8. The quantitative estimate of drug-likeness (QED) is 0.628. The monoisotopic (exact) mass is 393 g/mol. The van der Waals surface area contributed by atoms with Gasteiger partial charge in [-0.05, 0) is 43.5 Å². The molecular formula is C22H23N3O2S. The van der Waals surface area contributed by atoms with Crippen LogP contribution in [0, 0.1) is 5.92 Å². The number of allylic oxidation sites excluding steroid dienone is 2. The minimum absolute atomic E-state index is 0.0726. The number of carbonyl (C=O) groups is 1. The number of benzene rings is 1. The van der Waals surface area contributed by atoms with Crippen LogP contribution in [-0.2, 0) is 11.3 Å². The number of thiazole rings is 1. The van der Waals surface area contributed by atoms with Crippen LogP contribution in [0.3, 0.4) is 0 Å². The lowest BCUT2D eigenvalue weighted by Crippen LogP contribution is -2.34. The summed E-state index contributed by atoms with van der Waals surface area (Å²) in [5.41, 5.74) is 1.99. The van der Waals surface area contributed by atoms with Gasteiger partial charge in [-0.25, -0.2) is 9.97 Å². The van der Waals surface area contributed by atoms with E-state index in [1.54, 1.807) is 17.5 Å². The summed E-state index contributed by atoms with van der Waals surface area (Å²) in [6.07, 6.45) is 7.57. The molecule has 1 aliphatic carbocycles. The summed E-state index contributed by atoms with van der Waals surface area (Å²) < 4.78 is 6.61. The minimum atomic E-state index is -0.0984. The van der Waals surface area contributed by atoms with E-state index in [-0.39, 0.29) is 17.7 Å². The van der Waals surface area contributed by atoms with Gasteiger partial charge in [0.2, 0.25) is 11.8 Å². The second-order valence-electron chi connectivity index (χ2n) is 6.83. The smallest absolute Gasteiger partial charge is 0.224 e. The fourth-order valence-corrected chi connectivity index (χ4v) is 4.68. The van der Waals surface area contributed by atoms with Crippen molar-refractivity contribution in [3.05, 3.63) is 65.3 Å². The number of nitrogens with zero attached hydrogens (tertiary/aromatic N) is 2. The molecule has 2 heterocycles. The minimum Gasteiger partial charge on any atom is -0.478 e. The second kappa shape index (κ2) is 8.52. The highest BCUT2D eigenvalue weighted by Gasteiger charge is 2.32. The Kier molecular flexibility index (Phi) is 5.67. The number of aromatic nitrogens is 2. The van der Waals surface area contributed by atoms with Gasteiger partial charge >= 0.3 is 0 Å². The van der Waals surface area contributed by atoms with Crippen molar-refractivity contribution in [1.29, 1.82) is 0 Å². The van der Waals surface area contributed by atoms with E-state index in [2.05, 4.69) is 28.5 Å². The Morgan fingerprint density at radius 3 is 2.96 bits per heavy atom.